The summed E-state index contributed by atoms with van der Waals surface area (Å²) < 4.78 is 5.11. The molecule has 0 fully saturated rings. The van der Waals surface area contributed by atoms with Gasteiger partial charge in [0.15, 0.2) is 0 Å². The lowest BCUT2D eigenvalue weighted by Gasteiger charge is -2.25. The van der Waals surface area contributed by atoms with Crippen LogP contribution < -0.4 is 26.6 Å². The first-order valence-corrected chi connectivity index (χ1v) is 11.9. The average Bonchev–Trinajstić information content (AvgIpc) is 2.76. The van der Waals surface area contributed by atoms with E-state index in [2.05, 4.69) is 26.6 Å². The first-order valence-electron chi connectivity index (χ1n) is 11.9. The topological polar surface area (TPSA) is 155 Å². The predicted octanol–water partition coefficient (Wildman–Crippen LogP) is 0.978. The van der Waals surface area contributed by atoms with Gasteiger partial charge in [0.1, 0.15) is 23.9 Å². The second kappa shape index (κ2) is 14.7. The van der Waals surface area contributed by atoms with E-state index in [0.29, 0.717) is 19.3 Å². The minimum absolute atomic E-state index is 0.154. The van der Waals surface area contributed by atoms with Crippen LogP contribution in [0.25, 0.3) is 0 Å². The van der Waals surface area contributed by atoms with Crippen LogP contribution in [0.5, 0.6) is 0 Å². The molecule has 0 bridgehead atoms. The maximum Gasteiger partial charge on any atom is 0.408 e. The summed E-state index contributed by atoms with van der Waals surface area (Å²) in [4.78, 5) is 60.5. The van der Waals surface area contributed by atoms with E-state index in [1.165, 1.54) is 6.92 Å². The SMILES string of the molecule is CC(C)C[C@H](NC=O)C(=O)N[C@@H](Cc1ccccc1)NC(=O)CNC(=O)[C@@H](C)NC(=O)OC(C)(C)C. The Labute approximate surface area is 212 Å². The highest BCUT2D eigenvalue weighted by atomic mass is 16.6. The molecule has 3 atom stereocenters. The number of carbonyl (C=O) groups is 5. The fraction of sp³-hybridized carbons (Fsp3) is 0.560. The van der Waals surface area contributed by atoms with Gasteiger partial charge in [0.25, 0.3) is 0 Å². The van der Waals surface area contributed by atoms with E-state index in [1.807, 2.05) is 44.2 Å². The van der Waals surface area contributed by atoms with Crippen molar-refractivity contribution in [1.82, 2.24) is 26.6 Å². The molecule has 0 saturated carbocycles. The zero-order valence-corrected chi connectivity index (χ0v) is 21.8. The number of benzene rings is 1. The largest absolute Gasteiger partial charge is 0.444 e. The molecular formula is C25H39N5O6. The van der Waals surface area contributed by atoms with E-state index in [-0.39, 0.29) is 12.5 Å². The number of alkyl carbamates (subject to hydrolysis) is 1. The van der Waals surface area contributed by atoms with Gasteiger partial charge in [-0.3, -0.25) is 19.2 Å². The fourth-order valence-electron chi connectivity index (χ4n) is 3.18. The molecule has 0 saturated heterocycles. The first-order chi connectivity index (χ1) is 16.8. The molecule has 0 aromatic heterocycles. The van der Waals surface area contributed by atoms with Crippen molar-refractivity contribution in [2.45, 2.75) is 78.2 Å². The lowest BCUT2D eigenvalue weighted by molar-refractivity contribution is -0.129. The average molecular weight is 506 g/mol. The number of nitrogens with one attached hydrogen (secondary N) is 5. The molecule has 0 aliphatic rings. The molecule has 200 valence electrons. The molecule has 0 radical (unpaired) electrons. The summed E-state index contributed by atoms with van der Waals surface area (Å²) in [7, 11) is 0. The van der Waals surface area contributed by atoms with Gasteiger partial charge in [-0.25, -0.2) is 4.79 Å². The minimum atomic E-state index is -0.932. The molecule has 0 aliphatic heterocycles. The van der Waals surface area contributed by atoms with Gasteiger partial charge in [0.2, 0.25) is 24.1 Å². The van der Waals surface area contributed by atoms with Crippen molar-refractivity contribution in [3.8, 4) is 0 Å². The van der Waals surface area contributed by atoms with Crippen molar-refractivity contribution >= 4 is 30.2 Å². The van der Waals surface area contributed by atoms with Gasteiger partial charge >= 0.3 is 6.09 Å². The Balaban J connectivity index is 2.75. The van der Waals surface area contributed by atoms with Crippen LogP contribution in [0.2, 0.25) is 0 Å². The van der Waals surface area contributed by atoms with Gasteiger partial charge in [-0.2, -0.15) is 0 Å². The maximum atomic E-state index is 12.8. The van der Waals surface area contributed by atoms with Crippen molar-refractivity contribution in [2.24, 2.45) is 5.92 Å². The van der Waals surface area contributed by atoms with Gasteiger partial charge < -0.3 is 31.3 Å². The molecule has 36 heavy (non-hydrogen) atoms. The lowest BCUT2D eigenvalue weighted by atomic mass is 10.0. The van der Waals surface area contributed by atoms with E-state index in [4.69, 9.17) is 4.74 Å². The van der Waals surface area contributed by atoms with Gasteiger partial charge in [-0.15, -0.1) is 0 Å². The molecule has 11 heteroatoms. The Hall–Kier alpha value is -3.63. The zero-order valence-electron chi connectivity index (χ0n) is 21.8. The van der Waals surface area contributed by atoms with Crippen LogP contribution in [0.3, 0.4) is 0 Å². The van der Waals surface area contributed by atoms with Crippen LogP contribution >= 0.6 is 0 Å². The molecule has 5 amide bonds. The number of amides is 5. The van der Waals surface area contributed by atoms with Crippen LogP contribution in [0.1, 0.15) is 53.5 Å². The summed E-state index contributed by atoms with van der Waals surface area (Å²) >= 11 is 0. The Morgan fingerprint density at radius 3 is 2.14 bits per heavy atom. The molecule has 1 rings (SSSR count). The minimum Gasteiger partial charge on any atom is -0.444 e. The third-order valence-electron chi connectivity index (χ3n) is 4.78. The Morgan fingerprint density at radius 1 is 0.944 bits per heavy atom. The Morgan fingerprint density at radius 2 is 1.58 bits per heavy atom. The maximum absolute atomic E-state index is 12.8. The second-order valence-electron chi connectivity index (χ2n) is 9.87. The molecule has 0 spiro atoms. The van der Waals surface area contributed by atoms with Crippen LogP contribution in [0, 0.1) is 5.92 Å². The Bertz CT molecular complexity index is 885. The van der Waals surface area contributed by atoms with E-state index in [1.54, 1.807) is 20.8 Å². The normalized spacial score (nSPS) is 13.5. The molecular weight excluding hydrogens is 466 g/mol. The van der Waals surface area contributed by atoms with E-state index in [9.17, 15) is 24.0 Å². The lowest BCUT2D eigenvalue weighted by Crippen LogP contribution is -2.56. The summed E-state index contributed by atoms with van der Waals surface area (Å²) in [5, 5.41) is 12.8. The third-order valence-corrected chi connectivity index (χ3v) is 4.78. The van der Waals surface area contributed by atoms with Gasteiger partial charge in [-0.1, -0.05) is 44.2 Å². The van der Waals surface area contributed by atoms with Gasteiger partial charge in [0.05, 0.1) is 6.54 Å². The quantitative estimate of drug-likeness (QED) is 0.199. The Kier molecular flexibility index (Phi) is 12.4. The van der Waals surface area contributed by atoms with Crippen LogP contribution in [-0.2, 0) is 30.3 Å². The molecule has 0 unspecified atom stereocenters. The monoisotopic (exact) mass is 505 g/mol. The van der Waals surface area contributed by atoms with Crippen molar-refractivity contribution < 1.29 is 28.7 Å². The molecule has 0 aliphatic carbocycles. The van der Waals surface area contributed by atoms with Crippen molar-refractivity contribution in [3.63, 3.8) is 0 Å². The summed E-state index contributed by atoms with van der Waals surface area (Å²) in [6, 6.07) is 7.55. The number of carbonyl (C=O) groups excluding carboxylic acids is 5. The summed E-state index contributed by atoms with van der Waals surface area (Å²) in [5.74, 6) is -1.40. The summed E-state index contributed by atoms with van der Waals surface area (Å²) in [5.41, 5.74) is 0.152. The highest BCUT2D eigenvalue weighted by Crippen LogP contribution is 2.07. The van der Waals surface area contributed by atoms with E-state index < -0.39 is 47.7 Å². The number of rotatable bonds is 13. The van der Waals surface area contributed by atoms with Crippen molar-refractivity contribution in [3.05, 3.63) is 35.9 Å². The van der Waals surface area contributed by atoms with Crippen LogP contribution in [-0.4, -0.2) is 60.6 Å². The first kappa shape index (κ1) is 30.4. The number of ether oxygens (including phenoxy) is 1. The highest BCUT2D eigenvalue weighted by molar-refractivity contribution is 5.89. The standard InChI is InChI=1S/C25H39N5O6/c1-16(2)12-19(27-15-31)23(34)30-20(13-18-10-8-7-9-11-18)29-21(32)14-26-22(33)17(3)28-24(35)36-25(4,5)6/h7-11,15-17,19-20H,12-14H2,1-6H3,(H,26,33)(H,27,31)(H,28,35)(H,29,32)(H,30,34)/t17-,19+,20+/m1/s1. The summed E-state index contributed by atoms with van der Waals surface area (Å²) in [6.45, 7) is 10.0. The smallest absolute Gasteiger partial charge is 0.408 e. The van der Waals surface area contributed by atoms with E-state index in [0.717, 1.165) is 5.56 Å². The zero-order chi connectivity index (χ0) is 27.3. The van der Waals surface area contributed by atoms with Crippen molar-refractivity contribution in [2.75, 3.05) is 6.54 Å². The molecule has 0 heterocycles. The van der Waals surface area contributed by atoms with E-state index >= 15 is 0 Å². The summed E-state index contributed by atoms with van der Waals surface area (Å²) in [6.07, 6.45) is -0.350. The number of hydrogen-bond donors (Lipinski definition) is 5. The predicted molar refractivity (Wildman–Crippen MR) is 135 cm³/mol. The molecule has 1 aromatic rings. The van der Waals surface area contributed by atoms with Gasteiger partial charge in [-0.05, 0) is 45.6 Å². The van der Waals surface area contributed by atoms with Gasteiger partial charge in [0, 0.05) is 6.42 Å². The fourth-order valence-corrected chi connectivity index (χ4v) is 3.18. The molecule has 1 aromatic carbocycles. The van der Waals surface area contributed by atoms with Crippen LogP contribution in [0.15, 0.2) is 30.3 Å². The second-order valence-corrected chi connectivity index (χ2v) is 9.87. The molecule has 5 N–H and O–H groups in total. The highest BCUT2D eigenvalue weighted by Gasteiger charge is 2.24. The molecule has 11 nitrogen and oxygen atoms in total. The van der Waals surface area contributed by atoms with Crippen molar-refractivity contribution in [1.29, 1.82) is 0 Å². The van der Waals surface area contributed by atoms with Crippen LogP contribution in [0.4, 0.5) is 4.79 Å². The number of hydrogen-bond acceptors (Lipinski definition) is 6. The third kappa shape index (κ3) is 12.7.